The quantitative estimate of drug-likeness (QED) is 0.933. The number of nitrogens with zero attached hydrogens (tertiary/aromatic N) is 2. The Balaban J connectivity index is 1.67. The Labute approximate surface area is 136 Å². The molecule has 0 aliphatic carbocycles. The second kappa shape index (κ2) is 6.09. The Kier molecular flexibility index (Phi) is 4.29. The summed E-state index contributed by atoms with van der Waals surface area (Å²) < 4.78 is 16.9. The van der Waals surface area contributed by atoms with Crippen LogP contribution in [0.4, 0.5) is 0 Å². The monoisotopic (exact) mass is 319 g/mol. The summed E-state index contributed by atoms with van der Waals surface area (Å²) >= 11 is 0. The highest BCUT2D eigenvalue weighted by Crippen LogP contribution is 2.30. The van der Waals surface area contributed by atoms with E-state index in [1.54, 1.807) is 0 Å². The first-order valence-electron chi connectivity index (χ1n) is 8.09. The van der Waals surface area contributed by atoms with Crippen LogP contribution in [0.1, 0.15) is 62.1 Å². The van der Waals surface area contributed by atoms with Gasteiger partial charge in [0.1, 0.15) is 11.5 Å². The zero-order valence-corrected chi connectivity index (χ0v) is 14.5. The number of aryl methyl sites for hydroxylation is 2. The van der Waals surface area contributed by atoms with E-state index in [0.717, 1.165) is 24.5 Å². The molecule has 6 heteroatoms. The average molecular weight is 319 g/mol. The van der Waals surface area contributed by atoms with Gasteiger partial charge in [-0.2, -0.15) is 4.98 Å². The van der Waals surface area contributed by atoms with E-state index in [4.69, 9.17) is 13.7 Å². The minimum atomic E-state index is -0.175. The molecule has 2 atom stereocenters. The highest BCUT2D eigenvalue weighted by Gasteiger charge is 2.34. The van der Waals surface area contributed by atoms with Gasteiger partial charge in [0.2, 0.25) is 0 Å². The van der Waals surface area contributed by atoms with Gasteiger partial charge in [0.05, 0.1) is 0 Å². The molecule has 0 amide bonds. The number of nitrogens with one attached hydrogen (secondary N) is 1. The van der Waals surface area contributed by atoms with Crippen molar-refractivity contribution >= 4 is 0 Å². The van der Waals surface area contributed by atoms with Gasteiger partial charge < -0.3 is 19.0 Å². The molecule has 0 saturated carbocycles. The molecular weight excluding hydrogens is 294 g/mol. The summed E-state index contributed by atoms with van der Waals surface area (Å²) in [5.74, 6) is 3.16. The average Bonchev–Trinajstić information content (AvgIpc) is 3.15. The highest BCUT2D eigenvalue weighted by atomic mass is 16.5. The van der Waals surface area contributed by atoms with Crippen LogP contribution in [0.5, 0.6) is 0 Å². The molecule has 0 bridgehead atoms. The molecule has 0 unspecified atom stereocenters. The van der Waals surface area contributed by atoms with Gasteiger partial charge in [0, 0.05) is 30.2 Å². The molecule has 0 aromatic carbocycles. The van der Waals surface area contributed by atoms with Crippen LogP contribution in [0.3, 0.4) is 0 Å². The van der Waals surface area contributed by atoms with Gasteiger partial charge in [-0.05, 0) is 26.3 Å². The molecule has 1 fully saturated rings. The molecule has 1 N–H and O–H groups in total. The summed E-state index contributed by atoms with van der Waals surface area (Å²) in [6.07, 6.45) is 0.750. The van der Waals surface area contributed by atoms with E-state index in [1.165, 1.54) is 5.56 Å². The van der Waals surface area contributed by atoms with Crippen LogP contribution < -0.4 is 5.32 Å². The highest BCUT2D eigenvalue weighted by molar-refractivity contribution is 5.24. The van der Waals surface area contributed by atoms with Gasteiger partial charge in [0.15, 0.2) is 11.9 Å². The van der Waals surface area contributed by atoms with E-state index in [-0.39, 0.29) is 17.6 Å². The molecule has 2 aromatic rings. The summed E-state index contributed by atoms with van der Waals surface area (Å²) in [6.45, 7) is 11.7. The fourth-order valence-corrected chi connectivity index (χ4v) is 2.78. The van der Waals surface area contributed by atoms with Crippen LogP contribution in [0, 0.1) is 13.8 Å². The summed E-state index contributed by atoms with van der Waals surface area (Å²) in [4.78, 5) is 4.29. The van der Waals surface area contributed by atoms with Crippen molar-refractivity contribution < 1.29 is 13.7 Å². The molecule has 2 aromatic heterocycles. The Bertz CT molecular complexity index is 669. The first-order chi connectivity index (χ1) is 10.8. The molecule has 1 saturated heterocycles. The zero-order chi connectivity index (χ0) is 16.6. The number of furan rings is 1. The largest absolute Gasteiger partial charge is 0.465 e. The first kappa shape index (κ1) is 16.2. The number of hydrogen-bond donors (Lipinski definition) is 1. The van der Waals surface area contributed by atoms with Crippen LogP contribution in [0.15, 0.2) is 15.0 Å². The molecule has 0 spiro atoms. The third-order valence-corrected chi connectivity index (χ3v) is 4.19. The maximum absolute atomic E-state index is 5.90. The molecule has 0 radical (unpaired) electrons. The molecule has 126 valence electrons. The van der Waals surface area contributed by atoms with Gasteiger partial charge in [-0.3, -0.25) is 0 Å². The van der Waals surface area contributed by atoms with Gasteiger partial charge >= 0.3 is 0 Å². The molecule has 3 rings (SSSR count). The molecule has 6 nitrogen and oxygen atoms in total. The second-order valence-corrected chi connectivity index (χ2v) is 7.19. The lowest BCUT2D eigenvalue weighted by molar-refractivity contribution is 0.0705. The summed E-state index contributed by atoms with van der Waals surface area (Å²) in [6, 6.07) is 2.31. The van der Waals surface area contributed by atoms with E-state index in [9.17, 15) is 0 Å². The van der Waals surface area contributed by atoms with Crippen molar-refractivity contribution in [3.05, 3.63) is 34.9 Å². The zero-order valence-electron chi connectivity index (χ0n) is 14.5. The van der Waals surface area contributed by atoms with E-state index in [1.807, 2.05) is 13.8 Å². The van der Waals surface area contributed by atoms with Gasteiger partial charge in [-0.15, -0.1) is 0 Å². The first-order valence-corrected chi connectivity index (χ1v) is 8.09. The predicted octanol–water partition coefficient (Wildman–Crippen LogP) is 3.20. The van der Waals surface area contributed by atoms with Crippen molar-refractivity contribution in [2.24, 2.45) is 0 Å². The standard InChI is InChI=1S/C17H25N3O3/c1-10-12(8-14(22-10)17(3,4)5)9-18-13-6-7-21-15(13)16-19-11(2)20-23-16/h8,13,15,18H,6-7,9H2,1-5H3/t13-,15+/m0/s1. The Hall–Kier alpha value is -1.66. The van der Waals surface area contributed by atoms with Crippen molar-refractivity contribution in [3.63, 3.8) is 0 Å². The second-order valence-electron chi connectivity index (χ2n) is 7.19. The maximum atomic E-state index is 5.90. The number of rotatable bonds is 4. The Morgan fingerprint density at radius 2 is 2.09 bits per heavy atom. The molecule has 23 heavy (non-hydrogen) atoms. The molecule has 1 aliphatic heterocycles. The minimum absolute atomic E-state index is 0.0172. The molecule has 1 aliphatic rings. The lowest BCUT2D eigenvalue weighted by Crippen LogP contribution is -2.31. The van der Waals surface area contributed by atoms with E-state index in [2.05, 4.69) is 42.3 Å². The minimum Gasteiger partial charge on any atom is -0.465 e. The van der Waals surface area contributed by atoms with Crippen LogP contribution in [0.25, 0.3) is 0 Å². The fraction of sp³-hybridized carbons (Fsp3) is 0.647. The van der Waals surface area contributed by atoms with Crippen LogP contribution in [-0.2, 0) is 16.7 Å². The molecule has 3 heterocycles. The smallest absolute Gasteiger partial charge is 0.257 e. The van der Waals surface area contributed by atoms with Crippen molar-refractivity contribution in [3.8, 4) is 0 Å². The Morgan fingerprint density at radius 1 is 1.30 bits per heavy atom. The number of hydrogen-bond acceptors (Lipinski definition) is 6. The van der Waals surface area contributed by atoms with Crippen LogP contribution in [-0.4, -0.2) is 22.8 Å². The SMILES string of the molecule is Cc1noc([C@@H]2OCC[C@@H]2NCc2cc(C(C)(C)C)oc2C)n1. The van der Waals surface area contributed by atoms with Crippen molar-refractivity contribution in [1.29, 1.82) is 0 Å². The topological polar surface area (TPSA) is 73.3 Å². The maximum Gasteiger partial charge on any atom is 0.257 e. The van der Waals surface area contributed by atoms with E-state index in [0.29, 0.717) is 18.3 Å². The van der Waals surface area contributed by atoms with E-state index >= 15 is 0 Å². The summed E-state index contributed by atoms with van der Waals surface area (Å²) in [5, 5.41) is 7.40. The van der Waals surface area contributed by atoms with Crippen LogP contribution >= 0.6 is 0 Å². The van der Waals surface area contributed by atoms with Crippen molar-refractivity contribution in [2.75, 3.05) is 6.61 Å². The molecular formula is C17H25N3O3. The number of ether oxygens (including phenoxy) is 1. The summed E-state index contributed by atoms with van der Waals surface area (Å²) in [7, 11) is 0. The number of aromatic nitrogens is 2. The lowest BCUT2D eigenvalue weighted by atomic mass is 9.93. The van der Waals surface area contributed by atoms with Gasteiger partial charge in [0.25, 0.3) is 5.89 Å². The van der Waals surface area contributed by atoms with Crippen molar-refractivity contribution in [2.45, 2.75) is 65.1 Å². The van der Waals surface area contributed by atoms with Gasteiger partial charge in [-0.25, -0.2) is 0 Å². The normalized spacial score (nSPS) is 22.0. The predicted molar refractivity (Wildman–Crippen MR) is 85.1 cm³/mol. The van der Waals surface area contributed by atoms with E-state index < -0.39 is 0 Å². The third kappa shape index (κ3) is 3.48. The Morgan fingerprint density at radius 3 is 2.70 bits per heavy atom. The van der Waals surface area contributed by atoms with Gasteiger partial charge in [-0.1, -0.05) is 25.9 Å². The lowest BCUT2D eigenvalue weighted by Gasteiger charge is -2.16. The van der Waals surface area contributed by atoms with Crippen molar-refractivity contribution in [1.82, 2.24) is 15.5 Å². The van der Waals surface area contributed by atoms with Crippen LogP contribution in [0.2, 0.25) is 0 Å². The summed E-state index contributed by atoms with van der Waals surface area (Å²) in [5.41, 5.74) is 1.20. The third-order valence-electron chi connectivity index (χ3n) is 4.19. The fourth-order valence-electron chi connectivity index (χ4n) is 2.78.